The molecule has 0 atom stereocenters. The van der Waals surface area contributed by atoms with Crippen LogP contribution in [0.25, 0.3) is 71.6 Å². The van der Waals surface area contributed by atoms with Crippen molar-refractivity contribution in [1.29, 1.82) is 5.26 Å². The normalized spacial score (nSPS) is 12.6. The molecule has 0 amide bonds. The summed E-state index contributed by atoms with van der Waals surface area (Å²) in [6, 6.07) is 58.5. The summed E-state index contributed by atoms with van der Waals surface area (Å²) in [4.78, 5) is 11.9. The lowest BCUT2D eigenvalue weighted by atomic mass is 9.70. The van der Waals surface area contributed by atoms with E-state index in [1.165, 1.54) is 44.5 Å². The second-order valence-corrected chi connectivity index (χ2v) is 13.6. The van der Waals surface area contributed by atoms with E-state index >= 15 is 0 Å². The molecule has 0 unspecified atom stereocenters. The van der Waals surface area contributed by atoms with Crippen LogP contribution >= 0.6 is 0 Å². The molecule has 2 aromatic heterocycles. The monoisotopic (exact) mass is 672 g/mol. The van der Waals surface area contributed by atoms with E-state index in [0.717, 1.165) is 44.5 Å². The molecule has 4 nitrogen and oxygen atoms in total. The Balaban J connectivity index is 1.18. The van der Waals surface area contributed by atoms with Gasteiger partial charge in [-0.3, -0.25) is 0 Å². The average Bonchev–Trinajstić information content (AvgIpc) is 3.70. The summed E-state index contributed by atoms with van der Waals surface area (Å²) in [5, 5.41) is 9.48. The molecule has 8 aromatic rings. The molecule has 53 heavy (non-hydrogen) atoms. The molecule has 4 heteroatoms. The lowest BCUT2D eigenvalue weighted by molar-refractivity contribution is 0.794. The van der Waals surface area contributed by atoms with Crippen LogP contribution in [0, 0.1) is 17.9 Å². The third-order valence-electron chi connectivity index (χ3n) is 10.9. The summed E-state index contributed by atoms with van der Waals surface area (Å²) in [7, 11) is 0. The predicted molar refractivity (Wildman–Crippen MR) is 211 cm³/mol. The first kappa shape index (κ1) is 30.4. The zero-order chi connectivity index (χ0) is 35.5. The standard InChI is InChI=1S/C49H28N4/c1-51-48-29-38(21-23-53-48)34-11-7-9-32(25-34)36-17-19-43-42-18-16-35(31-8-6-10-33(24-31)37-20-22-52-39(26-37)30-50)27-46(42)49(47(43)28-36)44-14-4-2-12-40(44)41-13-3-5-15-45(41)49/h2-29H. The van der Waals surface area contributed by atoms with E-state index in [1.54, 1.807) is 12.4 Å². The van der Waals surface area contributed by atoms with Gasteiger partial charge in [-0.1, -0.05) is 116 Å². The molecule has 1 spiro atoms. The first-order chi connectivity index (χ1) is 26.1. The Bertz CT molecular complexity index is 2690. The van der Waals surface area contributed by atoms with Gasteiger partial charge in [0.1, 0.15) is 18.0 Å². The Morgan fingerprint density at radius 2 is 0.887 bits per heavy atom. The van der Waals surface area contributed by atoms with Crippen LogP contribution in [0.1, 0.15) is 27.9 Å². The van der Waals surface area contributed by atoms with E-state index in [4.69, 9.17) is 6.57 Å². The fraction of sp³-hybridized carbons (Fsp3) is 0.0204. The van der Waals surface area contributed by atoms with Crippen molar-refractivity contribution in [2.24, 2.45) is 0 Å². The van der Waals surface area contributed by atoms with Gasteiger partial charge in [-0.05, 0) is 138 Å². The van der Waals surface area contributed by atoms with Gasteiger partial charge in [0.15, 0.2) is 0 Å². The van der Waals surface area contributed by atoms with E-state index in [1.807, 2.05) is 24.3 Å². The van der Waals surface area contributed by atoms with Crippen molar-refractivity contribution in [3.05, 3.63) is 209 Å². The van der Waals surface area contributed by atoms with Gasteiger partial charge < -0.3 is 4.85 Å². The number of benzene rings is 6. The highest BCUT2D eigenvalue weighted by Gasteiger charge is 2.51. The molecule has 2 aliphatic rings. The molecule has 0 fully saturated rings. The van der Waals surface area contributed by atoms with Gasteiger partial charge in [0.2, 0.25) is 0 Å². The molecule has 0 N–H and O–H groups in total. The minimum absolute atomic E-state index is 0.389. The van der Waals surface area contributed by atoms with Crippen LogP contribution in [0.4, 0.5) is 5.82 Å². The summed E-state index contributed by atoms with van der Waals surface area (Å²) in [5.74, 6) is 0.389. The van der Waals surface area contributed by atoms with Gasteiger partial charge in [-0.2, -0.15) is 5.26 Å². The number of fused-ring (bicyclic) bond motifs is 10. The molecule has 2 heterocycles. The Morgan fingerprint density at radius 3 is 1.42 bits per heavy atom. The van der Waals surface area contributed by atoms with Crippen molar-refractivity contribution in [3.8, 4) is 72.8 Å². The second-order valence-electron chi connectivity index (χ2n) is 13.6. The van der Waals surface area contributed by atoms with Gasteiger partial charge in [-0.15, -0.1) is 4.98 Å². The average molecular weight is 673 g/mol. The molecule has 244 valence electrons. The van der Waals surface area contributed by atoms with Gasteiger partial charge in [-0.25, -0.2) is 4.98 Å². The van der Waals surface area contributed by atoms with E-state index in [-0.39, 0.29) is 0 Å². The summed E-state index contributed by atoms with van der Waals surface area (Å²) in [6.07, 6.45) is 3.40. The van der Waals surface area contributed by atoms with Crippen molar-refractivity contribution in [2.45, 2.75) is 5.41 Å². The zero-order valence-electron chi connectivity index (χ0n) is 28.5. The molecular formula is C49H28N4. The molecule has 0 saturated carbocycles. The summed E-state index contributed by atoms with van der Waals surface area (Å²) in [5.41, 5.74) is 18.6. The van der Waals surface area contributed by atoms with Crippen LogP contribution in [0.2, 0.25) is 0 Å². The van der Waals surface area contributed by atoms with Crippen molar-refractivity contribution < 1.29 is 0 Å². The van der Waals surface area contributed by atoms with Crippen LogP contribution in [0.5, 0.6) is 0 Å². The summed E-state index contributed by atoms with van der Waals surface area (Å²) >= 11 is 0. The second kappa shape index (κ2) is 11.8. The largest absolute Gasteiger partial charge is 0.361 e. The van der Waals surface area contributed by atoms with E-state index < -0.39 is 5.41 Å². The Morgan fingerprint density at radius 1 is 0.434 bits per heavy atom. The number of rotatable bonds is 4. The lowest BCUT2D eigenvalue weighted by Crippen LogP contribution is -2.26. The predicted octanol–water partition coefficient (Wildman–Crippen LogP) is 11.9. The minimum Gasteiger partial charge on any atom is -0.361 e. The number of hydrogen-bond donors (Lipinski definition) is 0. The molecular weight excluding hydrogens is 645 g/mol. The molecule has 6 aromatic carbocycles. The van der Waals surface area contributed by atoms with E-state index in [2.05, 4.69) is 154 Å². The smallest absolute Gasteiger partial charge is 0.270 e. The fourth-order valence-corrected chi connectivity index (χ4v) is 8.59. The topological polar surface area (TPSA) is 53.9 Å². The third-order valence-corrected chi connectivity index (χ3v) is 10.9. The van der Waals surface area contributed by atoms with Gasteiger partial charge in [0.25, 0.3) is 5.82 Å². The highest BCUT2D eigenvalue weighted by molar-refractivity contribution is 5.97. The van der Waals surface area contributed by atoms with Crippen LogP contribution in [0.3, 0.4) is 0 Å². The summed E-state index contributed by atoms with van der Waals surface area (Å²) < 4.78 is 0. The first-order valence-corrected chi connectivity index (χ1v) is 17.6. The lowest BCUT2D eigenvalue weighted by Gasteiger charge is -2.31. The maximum Gasteiger partial charge on any atom is 0.270 e. The molecule has 0 radical (unpaired) electrons. The molecule has 0 bridgehead atoms. The van der Waals surface area contributed by atoms with Crippen LogP contribution < -0.4 is 0 Å². The SMILES string of the molecule is [C-]#[N+]c1cc(-c2cccc(-c3ccc4c(c3)C3(c5ccccc5-c5ccccc53)c3cc(-c5cccc(-c6ccnc(C#N)c6)c5)ccc3-4)c2)ccn1. The quantitative estimate of drug-likeness (QED) is 0.175. The highest BCUT2D eigenvalue weighted by atomic mass is 14.8. The van der Waals surface area contributed by atoms with Crippen LogP contribution in [0.15, 0.2) is 170 Å². The van der Waals surface area contributed by atoms with Gasteiger partial charge >= 0.3 is 0 Å². The Kier molecular flexibility index (Phi) is 6.80. The minimum atomic E-state index is -0.512. The Hall–Kier alpha value is -7.40. The maximum absolute atomic E-state index is 9.48. The van der Waals surface area contributed by atoms with Crippen molar-refractivity contribution in [3.63, 3.8) is 0 Å². The molecule has 10 rings (SSSR count). The Labute approximate surface area is 307 Å². The number of nitriles is 1. The number of pyridine rings is 2. The fourth-order valence-electron chi connectivity index (χ4n) is 8.59. The number of aromatic nitrogens is 2. The molecule has 2 aliphatic carbocycles. The van der Waals surface area contributed by atoms with Crippen molar-refractivity contribution in [1.82, 2.24) is 9.97 Å². The van der Waals surface area contributed by atoms with E-state index in [9.17, 15) is 5.26 Å². The summed E-state index contributed by atoms with van der Waals surface area (Å²) in [6.45, 7) is 7.46. The third kappa shape index (κ3) is 4.60. The van der Waals surface area contributed by atoms with Crippen molar-refractivity contribution >= 4 is 5.82 Å². The maximum atomic E-state index is 9.48. The zero-order valence-corrected chi connectivity index (χ0v) is 28.5. The highest BCUT2D eigenvalue weighted by Crippen LogP contribution is 2.63. The molecule has 0 aliphatic heterocycles. The molecule has 0 saturated heterocycles. The number of nitrogens with zero attached hydrogens (tertiary/aromatic N) is 4. The van der Waals surface area contributed by atoms with Gasteiger partial charge in [0, 0.05) is 6.20 Å². The van der Waals surface area contributed by atoms with Crippen molar-refractivity contribution in [2.75, 3.05) is 0 Å². The van der Waals surface area contributed by atoms with Gasteiger partial charge in [0.05, 0.1) is 5.41 Å². The number of hydrogen-bond acceptors (Lipinski definition) is 3. The van der Waals surface area contributed by atoms with E-state index in [0.29, 0.717) is 11.5 Å². The van der Waals surface area contributed by atoms with Crippen LogP contribution in [-0.2, 0) is 5.41 Å². The van der Waals surface area contributed by atoms with Crippen LogP contribution in [-0.4, -0.2) is 9.97 Å². The first-order valence-electron chi connectivity index (χ1n) is 17.6.